The van der Waals surface area contributed by atoms with Crippen molar-refractivity contribution in [3.63, 3.8) is 0 Å². The zero-order valence-electron chi connectivity index (χ0n) is 25.0. The molecule has 0 aliphatic carbocycles. The lowest BCUT2D eigenvalue weighted by Gasteiger charge is -2.30. The van der Waals surface area contributed by atoms with Gasteiger partial charge in [-0.05, 0) is 63.6 Å². The Balaban J connectivity index is 2.32. The smallest absolute Gasteiger partial charge is 0.408 e. The number of benzene rings is 1. The zero-order valence-corrected chi connectivity index (χ0v) is 25.0. The van der Waals surface area contributed by atoms with Gasteiger partial charge in [0.15, 0.2) is 17.3 Å². The Morgan fingerprint density at radius 1 is 1.08 bits per heavy atom. The van der Waals surface area contributed by atoms with E-state index in [-0.39, 0.29) is 35.9 Å². The van der Waals surface area contributed by atoms with E-state index in [4.69, 9.17) is 23.7 Å². The molecular weight excluding hydrogens is 502 g/mol. The molecule has 39 heavy (non-hydrogen) atoms. The van der Waals surface area contributed by atoms with Gasteiger partial charge >= 0.3 is 12.1 Å². The maximum absolute atomic E-state index is 13.8. The molecule has 1 aromatic carbocycles. The molecule has 2 rings (SSSR count). The average Bonchev–Trinajstić information content (AvgIpc) is 3.24. The van der Waals surface area contributed by atoms with E-state index in [1.807, 2.05) is 27.7 Å². The van der Waals surface area contributed by atoms with Crippen LogP contribution in [0.4, 0.5) is 4.79 Å². The highest BCUT2D eigenvalue weighted by Gasteiger charge is 2.43. The molecule has 0 aromatic heterocycles. The Hall–Kier alpha value is -2.81. The van der Waals surface area contributed by atoms with Crippen LogP contribution in [0.5, 0.6) is 11.5 Å². The number of rotatable bonds is 14. The van der Waals surface area contributed by atoms with Gasteiger partial charge in [-0.15, -0.1) is 0 Å². The van der Waals surface area contributed by atoms with Crippen molar-refractivity contribution in [2.45, 2.75) is 85.5 Å². The van der Waals surface area contributed by atoms with E-state index >= 15 is 0 Å². The number of hydrogen-bond acceptors (Lipinski definition) is 8. The Labute approximate surface area is 233 Å². The van der Waals surface area contributed by atoms with Crippen LogP contribution < -0.4 is 14.8 Å². The Bertz CT molecular complexity index is 968. The number of ketones is 1. The van der Waals surface area contributed by atoms with Gasteiger partial charge in [-0.2, -0.15) is 0 Å². The van der Waals surface area contributed by atoms with Crippen LogP contribution in [-0.4, -0.2) is 63.0 Å². The number of Topliss-reactive ketones (excluding diaryl/α,β-unsaturated/α-hetero) is 1. The minimum atomic E-state index is -0.697. The summed E-state index contributed by atoms with van der Waals surface area (Å²) in [7, 11) is 3.18. The predicted molar refractivity (Wildman–Crippen MR) is 148 cm³/mol. The first-order valence-electron chi connectivity index (χ1n) is 13.8. The van der Waals surface area contributed by atoms with Crippen LogP contribution in [0.2, 0.25) is 0 Å². The molecule has 220 valence electrons. The van der Waals surface area contributed by atoms with E-state index in [9.17, 15) is 14.4 Å². The lowest BCUT2D eigenvalue weighted by atomic mass is 9.80. The van der Waals surface area contributed by atoms with Gasteiger partial charge in [0, 0.05) is 31.6 Å². The van der Waals surface area contributed by atoms with Crippen molar-refractivity contribution in [1.82, 2.24) is 5.32 Å². The summed E-state index contributed by atoms with van der Waals surface area (Å²) in [6, 6.07) is 4.55. The SMILES string of the molecule is COCCCOc1cc(C(=O)C(C[C@H](NC(=O)OC(C)(C)C)C2CC(C(C)C)C(=O)O2)C(C)C)ccc1OC. The maximum atomic E-state index is 13.8. The second-order valence-electron chi connectivity index (χ2n) is 11.8. The van der Waals surface area contributed by atoms with Crippen LogP contribution >= 0.6 is 0 Å². The Morgan fingerprint density at radius 2 is 1.77 bits per heavy atom. The number of cyclic esters (lactones) is 1. The van der Waals surface area contributed by atoms with E-state index in [1.165, 1.54) is 0 Å². The first kappa shape index (κ1) is 32.4. The second-order valence-corrected chi connectivity index (χ2v) is 11.8. The van der Waals surface area contributed by atoms with Gasteiger partial charge in [0.1, 0.15) is 11.7 Å². The number of carbonyl (C=O) groups excluding carboxylic acids is 3. The van der Waals surface area contributed by atoms with Crippen molar-refractivity contribution in [3.8, 4) is 11.5 Å². The van der Waals surface area contributed by atoms with Crippen molar-refractivity contribution in [2.75, 3.05) is 27.4 Å². The third-order valence-corrected chi connectivity index (χ3v) is 6.86. The number of carbonyl (C=O) groups is 3. The molecule has 1 aliphatic heterocycles. The van der Waals surface area contributed by atoms with Gasteiger partial charge in [-0.3, -0.25) is 9.59 Å². The molecule has 0 radical (unpaired) electrons. The number of ether oxygens (including phenoxy) is 5. The topological polar surface area (TPSA) is 109 Å². The second kappa shape index (κ2) is 14.5. The van der Waals surface area contributed by atoms with E-state index in [0.717, 1.165) is 0 Å². The highest BCUT2D eigenvalue weighted by Crippen LogP contribution is 2.34. The highest BCUT2D eigenvalue weighted by molar-refractivity contribution is 5.98. The molecule has 0 saturated carbocycles. The number of esters is 1. The monoisotopic (exact) mass is 549 g/mol. The first-order valence-corrected chi connectivity index (χ1v) is 13.8. The first-order chi connectivity index (χ1) is 18.3. The number of methoxy groups -OCH3 is 2. The van der Waals surface area contributed by atoms with E-state index in [1.54, 1.807) is 53.2 Å². The summed E-state index contributed by atoms with van der Waals surface area (Å²) in [5.74, 6) is -0.0107. The molecule has 4 atom stereocenters. The molecule has 9 heteroatoms. The van der Waals surface area contributed by atoms with Crippen LogP contribution in [0.25, 0.3) is 0 Å². The molecule has 1 saturated heterocycles. The number of hydrogen-bond donors (Lipinski definition) is 1. The largest absolute Gasteiger partial charge is 0.493 e. The van der Waals surface area contributed by atoms with Crippen molar-refractivity contribution < 1.29 is 38.1 Å². The van der Waals surface area contributed by atoms with Gasteiger partial charge in [0.05, 0.1) is 25.7 Å². The number of nitrogens with one attached hydrogen (secondary N) is 1. The molecule has 1 aromatic rings. The van der Waals surface area contributed by atoms with Gasteiger partial charge in [-0.25, -0.2) is 4.79 Å². The molecule has 1 amide bonds. The minimum Gasteiger partial charge on any atom is -0.493 e. The lowest BCUT2D eigenvalue weighted by Crippen LogP contribution is -2.47. The molecule has 9 nitrogen and oxygen atoms in total. The summed E-state index contributed by atoms with van der Waals surface area (Å²) < 4.78 is 27.6. The van der Waals surface area contributed by atoms with E-state index in [0.29, 0.717) is 43.1 Å². The van der Waals surface area contributed by atoms with Crippen LogP contribution in [0.1, 0.15) is 78.1 Å². The molecule has 1 N–H and O–H groups in total. The van der Waals surface area contributed by atoms with Crippen molar-refractivity contribution in [3.05, 3.63) is 23.8 Å². The van der Waals surface area contributed by atoms with Crippen molar-refractivity contribution in [2.24, 2.45) is 23.7 Å². The number of amides is 1. The van der Waals surface area contributed by atoms with Crippen LogP contribution in [-0.2, 0) is 19.0 Å². The van der Waals surface area contributed by atoms with Gasteiger partial charge in [-0.1, -0.05) is 27.7 Å². The summed E-state index contributed by atoms with van der Waals surface area (Å²) in [6.07, 6.45) is 0.291. The molecule has 1 aliphatic rings. The minimum absolute atomic E-state index is 0.0494. The Kier molecular flexibility index (Phi) is 12.1. The third kappa shape index (κ3) is 9.71. The van der Waals surface area contributed by atoms with Crippen molar-refractivity contribution in [1.29, 1.82) is 0 Å². The van der Waals surface area contributed by atoms with Gasteiger partial charge in [0.2, 0.25) is 0 Å². The summed E-state index contributed by atoms with van der Waals surface area (Å²) >= 11 is 0. The van der Waals surface area contributed by atoms with E-state index < -0.39 is 29.8 Å². The summed E-state index contributed by atoms with van der Waals surface area (Å²) in [4.78, 5) is 39.2. The maximum Gasteiger partial charge on any atom is 0.408 e. The quantitative estimate of drug-likeness (QED) is 0.186. The fourth-order valence-electron chi connectivity index (χ4n) is 4.68. The molecule has 1 heterocycles. The normalized spacial score (nSPS) is 19.0. The summed E-state index contributed by atoms with van der Waals surface area (Å²) in [5, 5.41) is 2.91. The fraction of sp³-hybridized carbons (Fsp3) is 0.700. The van der Waals surface area contributed by atoms with E-state index in [2.05, 4.69) is 5.32 Å². The molecule has 0 spiro atoms. The summed E-state index contributed by atoms with van der Waals surface area (Å²) in [6.45, 7) is 14.2. The van der Waals surface area contributed by atoms with Crippen LogP contribution in [0.15, 0.2) is 18.2 Å². The highest BCUT2D eigenvalue weighted by atomic mass is 16.6. The fourth-order valence-corrected chi connectivity index (χ4v) is 4.68. The molecule has 3 unspecified atom stereocenters. The number of alkyl carbamates (subject to hydrolysis) is 1. The molecular formula is C30H47NO8. The van der Waals surface area contributed by atoms with Crippen LogP contribution in [0.3, 0.4) is 0 Å². The predicted octanol–water partition coefficient (Wildman–Crippen LogP) is 5.44. The van der Waals surface area contributed by atoms with Crippen LogP contribution in [0, 0.1) is 23.7 Å². The average molecular weight is 550 g/mol. The standard InChI is InChI=1S/C30H47NO8/c1-18(2)21(27(32)20-11-12-24(36-9)26(15-20)37-14-10-13-35-8)16-23(31-29(34)39-30(5,6)7)25-17-22(19(3)4)28(33)38-25/h11-12,15,18-19,21-23,25H,10,13-14,16-17H2,1-9H3,(H,31,34)/t21?,22?,23-,25?/m0/s1. The van der Waals surface area contributed by atoms with Gasteiger partial charge in [0.25, 0.3) is 0 Å². The van der Waals surface area contributed by atoms with Gasteiger partial charge < -0.3 is 29.0 Å². The van der Waals surface area contributed by atoms with Crippen molar-refractivity contribution >= 4 is 17.8 Å². The molecule has 1 fully saturated rings. The third-order valence-electron chi connectivity index (χ3n) is 6.86. The Morgan fingerprint density at radius 3 is 2.31 bits per heavy atom. The summed E-state index contributed by atoms with van der Waals surface area (Å²) in [5.41, 5.74) is -0.215. The lowest BCUT2D eigenvalue weighted by molar-refractivity contribution is -0.146. The zero-order chi connectivity index (χ0) is 29.3. The molecule has 0 bridgehead atoms.